The first-order valence-corrected chi connectivity index (χ1v) is 12.7. The van der Waals surface area contributed by atoms with Gasteiger partial charge in [-0.25, -0.2) is 4.99 Å². The van der Waals surface area contributed by atoms with Crippen LogP contribution in [0.3, 0.4) is 0 Å². The number of anilines is 1. The average Bonchev–Trinajstić information content (AvgIpc) is 3.19. The Morgan fingerprint density at radius 1 is 0.833 bits per heavy atom. The minimum absolute atomic E-state index is 0.162. The van der Waals surface area contributed by atoms with Crippen molar-refractivity contribution in [2.75, 3.05) is 4.90 Å². The number of nitrogens with zero attached hydrogens (tertiary/aromatic N) is 2. The van der Waals surface area contributed by atoms with Gasteiger partial charge in [-0.2, -0.15) is 0 Å². The molecule has 0 radical (unpaired) electrons. The monoisotopic (exact) mass is 530 g/mol. The molecule has 5 rings (SSSR count). The van der Waals surface area contributed by atoms with Crippen molar-refractivity contribution in [3.05, 3.63) is 129 Å². The van der Waals surface area contributed by atoms with Crippen LogP contribution in [-0.2, 0) is 11.4 Å². The van der Waals surface area contributed by atoms with Crippen LogP contribution in [0.2, 0.25) is 10.0 Å². The van der Waals surface area contributed by atoms with Gasteiger partial charge in [0, 0.05) is 15.6 Å². The fourth-order valence-corrected chi connectivity index (χ4v) is 4.91. The highest BCUT2D eigenvalue weighted by Gasteiger charge is 2.35. The summed E-state index contributed by atoms with van der Waals surface area (Å²) < 4.78 is 6.09. The Hall–Kier alpha value is -3.51. The first kappa shape index (κ1) is 24.2. The molecule has 4 nitrogen and oxygen atoms in total. The molecule has 0 aromatic heterocycles. The van der Waals surface area contributed by atoms with Crippen molar-refractivity contribution in [1.29, 1.82) is 0 Å². The Kier molecular flexibility index (Phi) is 7.42. The summed E-state index contributed by atoms with van der Waals surface area (Å²) in [6.07, 6.45) is 1.81. The van der Waals surface area contributed by atoms with E-state index in [0.717, 1.165) is 16.9 Å². The zero-order valence-electron chi connectivity index (χ0n) is 19.0. The molecule has 4 aromatic rings. The van der Waals surface area contributed by atoms with Crippen molar-refractivity contribution >= 4 is 63.5 Å². The standard InChI is InChI=1S/C29H20Cl2N2O2S/c30-22-13-11-20(12-14-22)19-35-26-16-15-23(31)17-21(26)18-27-28(34)33(25-9-5-2-6-10-25)29(36-27)32-24-7-3-1-4-8-24/h1-18H,19H2/b27-18+,32-29?. The Morgan fingerprint density at radius 2 is 1.50 bits per heavy atom. The van der Waals surface area contributed by atoms with Crippen LogP contribution in [0.25, 0.3) is 6.08 Å². The molecule has 1 heterocycles. The van der Waals surface area contributed by atoms with Crippen LogP contribution in [0, 0.1) is 0 Å². The van der Waals surface area contributed by atoms with Gasteiger partial charge in [-0.1, -0.05) is 71.7 Å². The largest absolute Gasteiger partial charge is 0.488 e. The van der Waals surface area contributed by atoms with E-state index in [9.17, 15) is 4.79 Å². The van der Waals surface area contributed by atoms with Crippen LogP contribution in [0.15, 0.2) is 113 Å². The number of rotatable bonds is 6. The normalized spacial score (nSPS) is 15.6. The number of para-hydroxylation sites is 2. The summed E-state index contributed by atoms with van der Waals surface area (Å²) in [4.78, 5) is 20.5. The number of thioether (sulfide) groups is 1. The fourth-order valence-electron chi connectivity index (χ4n) is 3.61. The van der Waals surface area contributed by atoms with Crippen molar-refractivity contribution in [1.82, 2.24) is 0 Å². The summed E-state index contributed by atoms with van der Waals surface area (Å²) in [6.45, 7) is 0.354. The minimum Gasteiger partial charge on any atom is -0.488 e. The molecule has 1 fully saturated rings. The van der Waals surface area contributed by atoms with E-state index in [1.165, 1.54) is 11.8 Å². The highest BCUT2D eigenvalue weighted by Crippen LogP contribution is 2.38. The lowest BCUT2D eigenvalue weighted by Gasteiger charge is -2.15. The van der Waals surface area contributed by atoms with Crippen LogP contribution in [0.5, 0.6) is 5.75 Å². The van der Waals surface area contributed by atoms with E-state index in [1.54, 1.807) is 23.1 Å². The fraction of sp³-hybridized carbons (Fsp3) is 0.0345. The van der Waals surface area contributed by atoms with Crippen molar-refractivity contribution in [3.8, 4) is 5.75 Å². The first-order chi connectivity index (χ1) is 17.6. The van der Waals surface area contributed by atoms with Gasteiger partial charge in [0.2, 0.25) is 0 Å². The van der Waals surface area contributed by atoms with E-state index in [4.69, 9.17) is 32.9 Å². The lowest BCUT2D eigenvalue weighted by Crippen LogP contribution is -2.28. The lowest BCUT2D eigenvalue weighted by atomic mass is 10.1. The predicted octanol–water partition coefficient (Wildman–Crippen LogP) is 8.38. The second-order valence-electron chi connectivity index (χ2n) is 7.91. The molecule has 0 bridgehead atoms. The van der Waals surface area contributed by atoms with Crippen molar-refractivity contribution in [2.45, 2.75) is 6.61 Å². The summed E-state index contributed by atoms with van der Waals surface area (Å²) in [5.74, 6) is 0.458. The molecule has 0 spiro atoms. The predicted molar refractivity (Wildman–Crippen MR) is 150 cm³/mol. The molecule has 7 heteroatoms. The third kappa shape index (κ3) is 5.65. The highest BCUT2D eigenvalue weighted by molar-refractivity contribution is 8.19. The van der Waals surface area contributed by atoms with Gasteiger partial charge in [0.15, 0.2) is 5.17 Å². The zero-order valence-corrected chi connectivity index (χ0v) is 21.3. The minimum atomic E-state index is -0.162. The summed E-state index contributed by atoms with van der Waals surface area (Å²) in [7, 11) is 0. The zero-order chi connectivity index (χ0) is 24.9. The summed E-state index contributed by atoms with van der Waals surface area (Å²) in [5.41, 5.74) is 3.20. The average molecular weight is 531 g/mol. The quantitative estimate of drug-likeness (QED) is 0.235. The SMILES string of the molecule is O=C1/C(=C\c2cc(Cl)ccc2OCc2ccc(Cl)cc2)SC(=Nc2ccccc2)N1c1ccccc1. The molecule has 0 aliphatic carbocycles. The van der Waals surface area contributed by atoms with Gasteiger partial charge in [0.1, 0.15) is 12.4 Å². The lowest BCUT2D eigenvalue weighted by molar-refractivity contribution is -0.113. The van der Waals surface area contributed by atoms with Crippen molar-refractivity contribution in [3.63, 3.8) is 0 Å². The Labute approximate surface area is 223 Å². The van der Waals surface area contributed by atoms with Crippen LogP contribution in [0.4, 0.5) is 11.4 Å². The molecule has 0 saturated carbocycles. The number of carbonyl (C=O) groups excluding carboxylic acids is 1. The van der Waals surface area contributed by atoms with Gasteiger partial charge in [-0.3, -0.25) is 9.69 Å². The van der Waals surface area contributed by atoms with E-state index in [0.29, 0.717) is 38.0 Å². The van der Waals surface area contributed by atoms with E-state index in [2.05, 4.69) is 0 Å². The molecular weight excluding hydrogens is 511 g/mol. The van der Waals surface area contributed by atoms with Crippen LogP contribution in [-0.4, -0.2) is 11.1 Å². The van der Waals surface area contributed by atoms with Gasteiger partial charge in [0.25, 0.3) is 5.91 Å². The van der Waals surface area contributed by atoms with E-state index in [-0.39, 0.29) is 5.91 Å². The van der Waals surface area contributed by atoms with Crippen molar-refractivity contribution < 1.29 is 9.53 Å². The second kappa shape index (κ2) is 11.0. The Balaban J connectivity index is 1.49. The van der Waals surface area contributed by atoms with Gasteiger partial charge in [0.05, 0.1) is 16.3 Å². The molecule has 4 aromatic carbocycles. The summed E-state index contributed by atoms with van der Waals surface area (Å²) in [5, 5.41) is 1.80. The topological polar surface area (TPSA) is 41.9 Å². The van der Waals surface area contributed by atoms with Gasteiger partial charge >= 0.3 is 0 Å². The first-order valence-electron chi connectivity index (χ1n) is 11.2. The molecular formula is C29H20Cl2N2O2S. The molecule has 1 aliphatic rings. The molecule has 1 saturated heterocycles. The number of ether oxygens (including phenoxy) is 1. The number of carbonyl (C=O) groups is 1. The van der Waals surface area contributed by atoms with E-state index >= 15 is 0 Å². The second-order valence-corrected chi connectivity index (χ2v) is 9.80. The smallest absolute Gasteiger partial charge is 0.271 e. The number of hydrogen-bond acceptors (Lipinski definition) is 4. The molecule has 1 amide bonds. The molecule has 36 heavy (non-hydrogen) atoms. The van der Waals surface area contributed by atoms with Gasteiger partial charge < -0.3 is 4.74 Å². The molecule has 1 aliphatic heterocycles. The number of amides is 1. The number of hydrogen-bond donors (Lipinski definition) is 0. The number of amidine groups is 1. The molecule has 0 N–H and O–H groups in total. The van der Waals surface area contributed by atoms with E-state index < -0.39 is 0 Å². The van der Waals surface area contributed by atoms with E-state index in [1.807, 2.05) is 91.0 Å². The van der Waals surface area contributed by atoms with Gasteiger partial charge in [-0.05, 0) is 78.0 Å². The maximum atomic E-state index is 13.6. The maximum absolute atomic E-state index is 13.6. The number of benzene rings is 4. The highest BCUT2D eigenvalue weighted by atomic mass is 35.5. The third-order valence-corrected chi connectivity index (χ3v) is 6.82. The molecule has 178 valence electrons. The number of halogens is 2. The van der Waals surface area contributed by atoms with Crippen LogP contribution < -0.4 is 9.64 Å². The Bertz CT molecular complexity index is 1440. The Morgan fingerprint density at radius 3 is 2.22 bits per heavy atom. The summed E-state index contributed by atoms with van der Waals surface area (Å²) >= 11 is 13.6. The molecule has 0 atom stereocenters. The number of aliphatic imine (C=N–C) groups is 1. The summed E-state index contributed by atoms with van der Waals surface area (Å²) in [6, 6.07) is 31.9. The third-order valence-electron chi connectivity index (χ3n) is 5.37. The van der Waals surface area contributed by atoms with Crippen LogP contribution in [0.1, 0.15) is 11.1 Å². The van der Waals surface area contributed by atoms with Gasteiger partial charge in [-0.15, -0.1) is 0 Å². The molecule has 0 unspecified atom stereocenters. The van der Waals surface area contributed by atoms with Crippen LogP contribution >= 0.6 is 35.0 Å². The maximum Gasteiger partial charge on any atom is 0.271 e. The van der Waals surface area contributed by atoms with Crippen molar-refractivity contribution in [2.24, 2.45) is 4.99 Å².